The highest BCUT2D eigenvalue weighted by molar-refractivity contribution is 5.93. The van der Waals surface area contributed by atoms with Crippen molar-refractivity contribution in [1.29, 1.82) is 0 Å². The van der Waals surface area contributed by atoms with Gasteiger partial charge in [-0.05, 0) is 38.8 Å². The van der Waals surface area contributed by atoms with Gasteiger partial charge in [0.15, 0.2) is 5.56 Å². The van der Waals surface area contributed by atoms with Crippen molar-refractivity contribution < 1.29 is 18.5 Å². The third-order valence-corrected chi connectivity index (χ3v) is 7.36. The van der Waals surface area contributed by atoms with Crippen molar-refractivity contribution in [2.45, 2.75) is 45.6 Å². The molecule has 2 unspecified atom stereocenters. The summed E-state index contributed by atoms with van der Waals surface area (Å²) in [4.78, 5) is 42.1. The number of fused-ring (bicyclic) bond motifs is 1. The fraction of sp³-hybridized carbons (Fsp3) is 0.560. The van der Waals surface area contributed by atoms with E-state index in [1.807, 2.05) is 36.9 Å². The summed E-state index contributed by atoms with van der Waals surface area (Å²) in [5, 5.41) is 4.12. The standard InChI is InChI=1S/C25H34N3O4/c1-3-27(4-2)23(29)19-9-7-15-28(17-19,20-11-13-26-14-12-20)24(30)21-16-18-8-5-6-10-22(18)32-25(21)31/h5-6,8,10,16,19-20,26H,3-4,7,9,11-15,17H2,1-2H3/q+1. The zero-order valence-electron chi connectivity index (χ0n) is 19.1. The van der Waals surface area contributed by atoms with Crippen molar-refractivity contribution in [3.05, 3.63) is 46.3 Å². The van der Waals surface area contributed by atoms with Crippen LogP contribution in [0.2, 0.25) is 0 Å². The minimum absolute atomic E-state index is 0.0990. The number of amides is 2. The Morgan fingerprint density at radius 3 is 2.56 bits per heavy atom. The molecular formula is C25H34N3O4+. The molecule has 1 N–H and O–H groups in total. The van der Waals surface area contributed by atoms with Gasteiger partial charge < -0.3 is 14.6 Å². The number of benzene rings is 1. The molecule has 2 saturated heterocycles. The van der Waals surface area contributed by atoms with Crippen molar-refractivity contribution in [1.82, 2.24) is 10.2 Å². The zero-order valence-corrected chi connectivity index (χ0v) is 19.1. The first-order chi connectivity index (χ1) is 15.5. The molecule has 2 aromatic rings. The van der Waals surface area contributed by atoms with Crippen LogP contribution in [0.25, 0.3) is 11.0 Å². The second-order valence-electron chi connectivity index (χ2n) is 9.06. The van der Waals surface area contributed by atoms with Crippen molar-refractivity contribution in [3.63, 3.8) is 0 Å². The Morgan fingerprint density at radius 2 is 1.84 bits per heavy atom. The Balaban J connectivity index is 1.75. The van der Waals surface area contributed by atoms with Crippen LogP contribution in [0.15, 0.2) is 39.5 Å². The van der Waals surface area contributed by atoms with Crippen LogP contribution >= 0.6 is 0 Å². The normalized spacial score (nSPS) is 24.4. The summed E-state index contributed by atoms with van der Waals surface area (Å²) in [7, 11) is 0. The third-order valence-electron chi connectivity index (χ3n) is 7.36. The highest BCUT2D eigenvalue weighted by Crippen LogP contribution is 2.34. The van der Waals surface area contributed by atoms with E-state index in [-0.39, 0.29) is 33.8 Å². The second-order valence-corrected chi connectivity index (χ2v) is 9.06. The number of nitrogens with one attached hydrogen (secondary N) is 1. The first-order valence-corrected chi connectivity index (χ1v) is 11.9. The number of hydrogen-bond acceptors (Lipinski definition) is 5. The SMILES string of the molecule is CCN(CC)C(=O)C1CCC[N+](C(=O)c2cc3ccccc3oc2=O)(C2CCNCC2)C1. The Morgan fingerprint density at radius 1 is 1.12 bits per heavy atom. The van der Waals surface area contributed by atoms with Gasteiger partial charge >= 0.3 is 11.5 Å². The fourth-order valence-electron chi connectivity index (χ4n) is 5.62. The van der Waals surface area contributed by atoms with Crippen molar-refractivity contribution in [3.8, 4) is 0 Å². The molecule has 1 aromatic heterocycles. The van der Waals surface area contributed by atoms with Crippen LogP contribution < -0.4 is 10.9 Å². The molecule has 0 spiro atoms. The van der Waals surface area contributed by atoms with Crippen LogP contribution in [-0.4, -0.2) is 66.5 Å². The van der Waals surface area contributed by atoms with Crippen LogP contribution in [0.1, 0.15) is 49.9 Å². The van der Waals surface area contributed by atoms with Gasteiger partial charge in [-0.15, -0.1) is 0 Å². The maximum Gasteiger partial charge on any atom is 0.353 e. The molecule has 3 heterocycles. The minimum Gasteiger partial charge on any atom is -0.422 e. The largest absolute Gasteiger partial charge is 0.422 e. The first kappa shape index (κ1) is 22.7. The Kier molecular flexibility index (Phi) is 6.76. The van der Waals surface area contributed by atoms with Gasteiger partial charge in [-0.2, -0.15) is 0 Å². The van der Waals surface area contributed by atoms with Gasteiger partial charge in [0.2, 0.25) is 5.91 Å². The van der Waals surface area contributed by atoms with E-state index < -0.39 is 5.63 Å². The number of carbonyl (C=O) groups excluding carboxylic acids is 2. The number of hydrogen-bond donors (Lipinski definition) is 1. The van der Waals surface area contributed by atoms with E-state index in [9.17, 15) is 14.4 Å². The molecule has 2 aliphatic heterocycles. The van der Waals surface area contributed by atoms with Crippen LogP contribution in [0.4, 0.5) is 0 Å². The van der Waals surface area contributed by atoms with E-state index in [1.165, 1.54) is 0 Å². The Hall–Kier alpha value is -2.51. The monoisotopic (exact) mass is 440 g/mol. The second kappa shape index (κ2) is 9.55. The third kappa shape index (κ3) is 4.11. The van der Waals surface area contributed by atoms with E-state index in [0.717, 1.165) is 44.2 Å². The Bertz CT molecular complexity index is 1040. The predicted octanol–water partition coefficient (Wildman–Crippen LogP) is 2.78. The number of piperidine rings is 2. The minimum atomic E-state index is -0.586. The average Bonchev–Trinajstić information content (AvgIpc) is 2.84. The molecule has 7 nitrogen and oxygen atoms in total. The fourth-order valence-corrected chi connectivity index (χ4v) is 5.62. The van der Waals surface area contributed by atoms with Crippen LogP contribution in [0.3, 0.4) is 0 Å². The molecule has 0 bridgehead atoms. The van der Waals surface area contributed by atoms with E-state index in [1.54, 1.807) is 12.1 Å². The van der Waals surface area contributed by atoms with Gasteiger partial charge in [-0.1, -0.05) is 18.2 Å². The molecule has 2 aliphatic rings. The van der Waals surface area contributed by atoms with Crippen molar-refractivity contribution >= 4 is 22.8 Å². The summed E-state index contributed by atoms with van der Waals surface area (Å²) >= 11 is 0. The maximum absolute atomic E-state index is 14.1. The van der Waals surface area contributed by atoms with E-state index in [0.29, 0.717) is 31.8 Å². The highest BCUT2D eigenvalue weighted by Gasteiger charge is 2.51. The summed E-state index contributed by atoms with van der Waals surface area (Å²) in [5.74, 6) is -0.257. The number of quaternary nitrogens is 1. The lowest BCUT2D eigenvalue weighted by Gasteiger charge is -2.48. The maximum atomic E-state index is 14.1. The number of para-hydroxylation sites is 1. The summed E-state index contributed by atoms with van der Waals surface area (Å²) in [5.41, 5.74) is 0.00574. The van der Waals surface area contributed by atoms with Crippen molar-refractivity contribution in [2.75, 3.05) is 39.3 Å². The zero-order chi connectivity index (χ0) is 22.7. The van der Waals surface area contributed by atoms with Gasteiger partial charge in [0.1, 0.15) is 5.58 Å². The van der Waals surface area contributed by atoms with Gasteiger partial charge in [0.05, 0.1) is 25.0 Å². The van der Waals surface area contributed by atoms with E-state index >= 15 is 0 Å². The first-order valence-electron chi connectivity index (χ1n) is 11.9. The number of nitrogens with zero attached hydrogens (tertiary/aromatic N) is 2. The lowest BCUT2D eigenvalue weighted by molar-refractivity contribution is -0.883. The molecule has 4 rings (SSSR count). The van der Waals surface area contributed by atoms with Crippen LogP contribution in [-0.2, 0) is 4.79 Å². The Labute approximate surface area is 189 Å². The summed E-state index contributed by atoms with van der Waals surface area (Å²) in [6.07, 6.45) is 3.31. The molecule has 1 aromatic carbocycles. The summed E-state index contributed by atoms with van der Waals surface area (Å²) in [6, 6.07) is 9.05. The highest BCUT2D eigenvalue weighted by atomic mass is 16.4. The van der Waals surface area contributed by atoms with Gasteiger partial charge in [-0.25, -0.2) is 9.59 Å². The lowest BCUT2D eigenvalue weighted by Crippen LogP contribution is -2.67. The summed E-state index contributed by atoms with van der Waals surface area (Å²) in [6.45, 7) is 8.14. The van der Waals surface area contributed by atoms with Gasteiger partial charge in [-0.3, -0.25) is 9.28 Å². The molecule has 32 heavy (non-hydrogen) atoms. The van der Waals surface area contributed by atoms with Gasteiger partial charge in [0.25, 0.3) is 0 Å². The van der Waals surface area contributed by atoms with Crippen LogP contribution in [0.5, 0.6) is 0 Å². The lowest BCUT2D eigenvalue weighted by atomic mass is 9.88. The predicted molar refractivity (Wildman–Crippen MR) is 123 cm³/mol. The molecule has 0 radical (unpaired) electrons. The molecular weight excluding hydrogens is 406 g/mol. The average molecular weight is 441 g/mol. The molecule has 7 heteroatoms. The topological polar surface area (TPSA) is 79.6 Å². The van der Waals surface area contributed by atoms with Crippen LogP contribution in [0, 0.1) is 5.92 Å². The molecule has 172 valence electrons. The quantitative estimate of drug-likeness (QED) is 0.571. The summed E-state index contributed by atoms with van der Waals surface area (Å²) < 4.78 is 5.69. The molecule has 0 aliphatic carbocycles. The van der Waals surface area contributed by atoms with Gasteiger partial charge in [0, 0.05) is 44.4 Å². The number of rotatable bonds is 5. The molecule has 2 amide bonds. The molecule has 2 fully saturated rings. The van der Waals surface area contributed by atoms with E-state index in [2.05, 4.69) is 5.32 Å². The van der Waals surface area contributed by atoms with E-state index in [4.69, 9.17) is 4.42 Å². The molecule has 0 saturated carbocycles. The number of carbonyl (C=O) groups is 2. The number of likely N-dealkylation sites (tertiary alicyclic amines) is 1. The smallest absolute Gasteiger partial charge is 0.353 e. The van der Waals surface area contributed by atoms with Crippen molar-refractivity contribution in [2.24, 2.45) is 5.92 Å². The molecule has 2 atom stereocenters.